The lowest BCUT2D eigenvalue weighted by Crippen LogP contribution is -2.24. The van der Waals surface area contributed by atoms with E-state index in [9.17, 15) is 9.59 Å². The third-order valence-electron chi connectivity index (χ3n) is 2.91. The summed E-state index contributed by atoms with van der Waals surface area (Å²) in [6.45, 7) is 0. The summed E-state index contributed by atoms with van der Waals surface area (Å²) in [5.74, 6) is 0. The van der Waals surface area contributed by atoms with E-state index in [2.05, 4.69) is 15.0 Å². The number of urea groups is 1. The van der Waals surface area contributed by atoms with Gasteiger partial charge in [-0.15, -0.1) is 0 Å². The Morgan fingerprint density at radius 3 is 2.70 bits per heavy atom. The molecule has 0 spiro atoms. The van der Waals surface area contributed by atoms with Crippen LogP contribution in [0.5, 0.6) is 0 Å². The summed E-state index contributed by atoms with van der Waals surface area (Å²) in [5.41, 5.74) is 7.56. The summed E-state index contributed by atoms with van der Waals surface area (Å²) >= 11 is 2.08. The molecule has 1 aromatic heterocycles. The fourth-order valence-electron chi connectivity index (χ4n) is 1.90. The van der Waals surface area contributed by atoms with Crippen LogP contribution in [-0.4, -0.2) is 16.1 Å². The molecule has 0 aliphatic rings. The molecule has 116 valence electrons. The highest BCUT2D eigenvalue weighted by Gasteiger charge is 2.10. The molecule has 1 heterocycles. The highest BCUT2D eigenvalue weighted by Crippen LogP contribution is 2.26. The molecule has 0 fully saturated rings. The Labute approximate surface area is 140 Å². The molecule has 0 saturated heterocycles. The lowest BCUT2D eigenvalue weighted by atomic mass is 10.2. The van der Waals surface area contributed by atoms with Crippen LogP contribution in [0.2, 0.25) is 0 Å². The van der Waals surface area contributed by atoms with E-state index in [4.69, 9.17) is 5.73 Å². The first kappa shape index (κ1) is 15.3. The molecule has 0 aliphatic heterocycles. The minimum atomic E-state index is -0.476. The van der Waals surface area contributed by atoms with E-state index in [1.54, 1.807) is 42.5 Å². The molecule has 0 aliphatic carbocycles. The van der Waals surface area contributed by atoms with Gasteiger partial charge in [-0.3, -0.25) is 9.52 Å². The summed E-state index contributed by atoms with van der Waals surface area (Å²) in [4.78, 5) is 27.9. The van der Waals surface area contributed by atoms with Crippen LogP contribution in [0.1, 0.15) is 10.4 Å². The van der Waals surface area contributed by atoms with Gasteiger partial charge in [-0.2, -0.15) is 0 Å². The van der Waals surface area contributed by atoms with Gasteiger partial charge in [-0.05, 0) is 18.2 Å². The second-order valence-electron chi connectivity index (χ2n) is 4.55. The van der Waals surface area contributed by atoms with Crippen LogP contribution in [0.15, 0.2) is 48.5 Å². The molecular formula is C15H12N4O2S2. The fourth-order valence-corrected chi connectivity index (χ4v) is 3.17. The third kappa shape index (κ3) is 3.79. The van der Waals surface area contributed by atoms with E-state index in [1.807, 2.05) is 6.07 Å². The van der Waals surface area contributed by atoms with E-state index in [0.717, 1.165) is 22.2 Å². The largest absolute Gasteiger partial charge is 0.375 e. The number of hydrogen-bond donors (Lipinski definition) is 3. The number of fused-ring (bicyclic) bond motifs is 1. The van der Waals surface area contributed by atoms with Gasteiger partial charge >= 0.3 is 6.03 Å². The maximum Gasteiger partial charge on any atom is 0.329 e. The number of anilines is 2. The number of nitrogens with one attached hydrogen (secondary N) is 2. The molecule has 2 aromatic carbocycles. The van der Waals surface area contributed by atoms with Crippen molar-refractivity contribution in [3.63, 3.8) is 0 Å². The second kappa shape index (κ2) is 6.67. The molecule has 8 heteroatoms. The van der Waals surface area contributed by atoms with Crippen molar-refractivity contribution in [2.24, 2.45) is 0 Å². The number of hydrogen-bond acceptors (Lipinski definition) is 6. The molecule has 3 rings (SSSR count). The minimum Gasteiger partial charge on any atom is -0.375 e. The van der Waals surface area contributed by atoms with Gasteiger partial charge in [0.2, 0.25) is 5.12 Å². The number of nitrogens with two attached hydrogens (primary N) is 1. The maximum atomic E-state index is 11.9. The van der Waals surface area contributed by atoms with E-state index >= 15 is 0 Å². The monoisotopic (exact) mass is 344 g/mol. The van der Waals surface area contributed by atoms with Gasteiger partial charge in [-0.1, -0.05) is 41.7 Å². The summed E-state index contributed by atoms with van der Waals surface area (Å²) in [5, 5.41) is 2.91. The van der Waals surface area contributed by atoms with Crippen LogP contribution in [0.25, 0.3) is 10.2 Å². The average Bonchev–Trinajstić information content (AvgIpc) is 2.92. The standard InChI is InChI=1S/C15H12N4O2S2/c16-14-18-11-7-6-10(8-12(11)22-14)17-15(21)19-23-13(20)9-4-2-1-3-5-9/h1-8H,(H2,16,18)(H2,17,19,21). The van der Waals surface area contributed by atoms with Crippen molar-refractivity contribution in [3.8, 4) is 0 Å². The Morgan fingerprint density at radius 1 is 1.13 bits per heavy atom. The Kier molecular flexibility index (Phi) is 4.45. The lowest BCUT2D eigenvalue weighted by molar-refractivity contribution is 0.108. The number of thiazole rings is 1. The highest BCUT2D eigenvalue weighted by atomic mass is 32.2. The Hall–Kier alpha value is -2.58. The van der Waals surface area contributed by atoms with Crippen molar-refractivity contribution < 1.29 is 9.59 Å². The lowest BCUT2D eigenvalue weighted by Gasteiger charge is -2.06. The first-order chi connectivity index (χ1) is 11.1. The smallest absolute Gasteiger partial charge is 0.329 e. The molecule has 4 N–H and O–H groups in total. The number of carbonyl (C=O) groups excluding carboxylic acids is 2. The molecule has 0 atom stereocenters. The molecule has 0 unspecified atom stereocenters. The van der Waals surface area contributed by atoms with Crippen LogP contribution in [0.4, 0.5) is 15.6 Å². The van der Waals surface area contributed by atoms with Gasteiger partial charge in [0.05, 0.1) is 10.2 Å². The van der Waals surface area contributed by atoms with Gasteiger partial charge in [0.15, 0.2) is 5.13 Å². The molecular weight excluding hydrogens is 332 g/mol. The predicted octanol–water partition coefficient (Wildman–Crippen LogP) is 3.49. The summed E-state index contributed by atoms with van der Waals surface area (Å²) in [6.07, 6.45) is 0. The number of aromatic nitrogens is 1. The number of carbonyl (C=O) groups is 2. The quantitative estimate of drug-likeness (QED) is 0.618. The van der Waals surface area contributed by atoms with Gasteiger partial charge in [-0.25, -0.2) is 9.78 Å². The van der Waals surface area contributed by atoms with E-state index in [1.165, 1.54) is 11.3 Å². The van der Waals surface area contributed by atoms with Crippen molar-refractivity contribution in [1.29, 1.82) is 0 Å². The number of amides is 2. The van der Waals surface area contributed by atoms with E-state index in [-0.39, 0.29) is 5.12 Å². The van der Waals surface area contributed by atoms with Gasteiger partial charge in [0.1, 0.15) is 0 Å². The Bertz CT molecular complexity index is 864. The van der Waals surface area contributed by atoms with Crippen molar-refractivity contribution in [1.82, 2.24) is 9.71 Å². The number of nitrogen functional groups attached to an aromatic ring is 1. The normalized spacial score (nSPS) is 10.4. The Morgan fingerprint density at radius 2 is 1.91 bits per heavy atom. The fraction of sp³-hybridized carbons (Fsp3) is 0. The zero-order chi connectivity index (χ0) is 16.2. The zero-order valence-corrected chi connectivity index (χ0v) is 13.4. The maximum absolute atomic E-state index is 11.9. The van der Waals surface area contributed by atoms with Crippen molar-refractivity contribution >= 4 is 55.5 Å². The molecule has 0 radical (unpaired) electrons. The molecule has 0 bridgehead atoms. The van der Waals surface area contributed by atoms with Gasteiger partial charge < -0.3 is 11.1 Å². The SMILES string of the molecule is Nc1nc2ccc(NC(=O)NSC(=O)c3ccccc3)cc2s1. The molecule has 0 saturated carbocycles. The summed E-state index contributed by atoms with van der Waals surface area (Å²) in [7, 11) is 0. The minimum absolute atomic E-state index is 0.230. The molecule has 23 heavy (non-hydrogen) atoms. The highest BCUT2D eigenvalue weighted by molar-refractivity contribution is 8.12. The molecule has 2 amide bonds. The van der Waals surface area contributed by atoms with Crippen molar-refractivity contribution in [2.45, 2.75) is 0 Å². The van der Waals surface area contributed by atoms with Gasteiger partial charge in [0.25, 0.3) is 0 Å². The van der Waals surface area contributed by atoms with Crippen molar-refractivity contribution in [3.05, 3.63) is 54.1 Å². The average molecular weight is 344 g/mol. The van der Waals surface area contributed by atoms with Crippen molar-refractivity contribution in [2.75, 3.05) is 11.1 Å². The van der Waals surface area contributed by atoms with E-state index < -0.39 is 6.03 Å². The molecule has 3 aromatic rings. The third-order valence-corrected chi connectivity index (χ3v) is 4.46. The van der Waals surface area contributed by atoms with Gasteiger partial charge in [0, 0.05) is 23.2 Å². The van der Waals surface area contributed by atoms with Crippen LogP contribution >= 0.6 is 23.3 Å². The number of nitrogens with zero attached hydrogens (tertiary/aromatic N) is 1. The van der Waals surface area contributed by atoms with Crippen LogP contribution in [-0.2, 0) is 0 Å². The first-order valence-corrected chi connectivity index (χ1v) is 8.24. The zero-order valence-electron chi connectivity index (χ0n) is 11.8. The van der Waals surface area contributed by atoms with Crippen LogP contribution in [0.3, 0.4) is 0 Å². The number of benzene rings is 2. The summed E-state index contributed by atoms with van der Waals surface area (Å²) < 4.78 is 3.35. The van der Waals surface area contributed by atoms with E-state index in [0.29, 0.717) is 16.4 Å². The second-order valence-corrected chi connectivity index (χ2v) is 6.39. The Balaban J connectivity index is 1.59. The first-order valence-electron chi connectivity index (χ1n) is 6.61. The number of rotatable bonds is 2. The molecule has 6 nitrogen and oxygen atoms in total. The van der Waals surface area contributed by atoms with Crippen LogP contribution in [0, 0.1) is 0 Å². The summed E-state index contributed by atoms with van der Waals surface area (Å²) in [6, 6.07) is 13.6. The predicted molar refractivity (Wildman–Crippen MR) is 94.6 cm³/mol. The topological polar surface area (TPSA) is 97.1 Å². The van der Waals surface area contributed by atoms with Crippen LogP contribution < -0.4 is 15.8 Å².